The van der Waals surface area contributed by atoms with E-state index in [2.05, 4.69) is 24.3 Å². The number of hydrogen-bond donors (Lipinski definition) is 0. The standard InChI is InChI=1S/C16H19Cl/c17-10-15-9-16(15)13-5-6-14(16)8-12-4-2-1-3-11(12)7-13/h1-4,13-15H,5-10H2. The second-order valence-electron chi connectivity index (χ2n) is 6.32. The fraction of sp³-hybridized carbons (Fsp3) is 0.625. The molecular formula is C16H19Cl. The van der Waals surface area contributed by atoms with Crippen LogP contribution in [0.1, 0.15) is 30.4 Å². The molecule has 1 heteroatoms. The van der Waals surface area contributed by atoms with Gasteiger partial charge in [0.2, 0.25) is 0 Å². The second-order valence-corrected chi connectivity index (χ2v) is 6.62. The van der Waals surface area contributed by atoms with Crippen LogP contribution in [0.2, 0.25) is 0 Å². The summed E-state index contributed by atoms with van der Waals surface area (Å²) in [7, 11) is 0. The lowest BCUT2D eigenvalue weighted by Crippen LogP contribution is -2.20. The fourth-order valence-electron chi connectivity index (χ4n) is 4.91. The molecule has 0 radical (unpaired) electrons. The molecule has 0 saturated heterocycles. The van der Waals surface area contributed by atoms with Gasteiger partial charge in [0.05, 0.1) is 0 Å². The monoisotopic (exact) mass is 246 g/mol. The van der Waals surface area contributed by atoms with Crippen LogP contribution >= 0.6 is 11.6 Å². The van der Waals surface area contributed by atoms with Crippen LogP contribution in [-0.4, -0.2) is 5.88 Å². The lowest BCUT2D eigenvalue weighted by molar-refractivity contribution is 0.267. The van der Waals surface area contributed by atoms with Crippen LogP contribution in [0, 0.1) is 23.2 Å². The smallest absolute Gasteiger partial charge is 0.0257 e. The van der Waals surface area contributed by atoms with Crippen molar-refractivity contribution in [1.82, 2.24) is 0 Å². The molecule has 90 valence electrons. The van der Waals surface area contributed by atoms with Gasteiger partial charge in [-0.1, -0.05) is 24.3 Å². The number of rotatable bonds is 1. The Balaban J connectivity index is 1.75. The summed E-state index contributed by atoms with van der Waals surface area (Å²) in [4.78, 5) is 0. The highest BCUT2D eigenvalue weighted by molar-refractivity contribution is 6.18. The minimum Gasteiger partial charge on any atom is -0.126 e. The molecule has 4 rings (SSSR count). The Hall–Kier alpha value is -0.490. The molecule has 2 bridgehead atoms. The summed E-state index contributed by atoms with van der Waals surface area (Å²) in [5.74, 6) is 3.58. The Morgan fingerprint density at radius 3 is 2.12 bits per heavy atom. The highest BCUT2D eigenvalue weighted by Crippen LogP contribution is 2.70. The summed E-state index contributed by atoms with van der Waals surface area (Å²) in [5, 5.41) is 0. The number of halogens is 1. The number of hydrogen-bond acceptors (Lipinski definition) is 0. The van der Waals surface area contributed by atoms with Crippen molar-refractivity contribution in [2.24, 2.45) is 23.2 Å². The average Bonchev–Trinajstić information content (AvgIpc) is 2.99. The van der Waals surface area contributed by atoms with Gasteiger partial charge in [0.25, 0.3) is 0 Å². The second kappa shape index (κ2) is 3.51. The van der Waals surface area contributed by atoms with Crippen LogP contribution in [0.4, 0.5) is 0 Å². The van der Waals surface area contributed by atoms with Crippen molar-refractivity contribution in [2.75, 3.05) is 5.88 Å². The minimum atomic E-state index is 0.654. The zero-order valence-corrected chi connectivity index (χ0v) is 10.9. The Kier molecular flexibility index (Phi) is 2.15. The largest absolute Gasteiger partial charge is 0.126 e. The number of alkyl halides is 1. The molecule has 17 heavy (non-hydrogen) atoms. The number of fused-ring (bicyclic) bond motifs is 1. The first-order valence-corrected chi connectivity index (χ1v) is 7.51. The van der Waals surface area contributed by atoms with Crippen LogP contribution in [0.15, 0.2) is 24.3 Å². The first kappa shape index (κ1) is 10.4. The van der Waals surface area contributed by atoms with Gasteiger partial charge in [0.1, 0.15) is 0 Å². The lowest BCUT2D eigenvalue weighted by Gasteiger charge is -2.22. The summed E-state index contributed by atoms with van der Waals surface area (Å²) >= 11 is 6.14. The van der Waals surface area contributed by atoms with E-state index in [1.807, 2.05) is 0 Å². The highest BCUT2D eigenvalue weighted by Gasteiger charge is 2.65. The molecule has 1 aromatic carbocycles. The van der Waals surface area contributed by atoms with Gasteiger partial charge in [-0.3, -0.25) is 0 Å². The molecule has 3 unspecified atom stereocenters. The first-order valence-electron chi connectivity index (χ1n) is 6.97. The third-order valence-electron chi connectivity index (χ3n) is 5.82. The van der Waals surface area contributed by atoms with E-state index in [1.165, 1.54) is 32.1 Å². The molecule has 1 aromatic rings. The van der Waals surface area contributed by atoms with Crippen LogP contribution in [0.3, 0.4) is 0 Å². The molecule has 3 aliphatic carbocycles. The van der Waals surface area contributed by atoms with Crippen molar-refractivity contribution in [1.29, 1.82) is 0 Å². The van der Waals surface area contributed by atoms with Crippen molar-refractivity contribution in [3.05, 3.63) is 35.4 Å². The van der Waals surface area contributed by atoms with Crippen molar-refractivity contribution in [3.63, 3.8) is 0 Å². The molecule has 2 saturated carbocycles. The predicted octanol–water partition coefficient (Wildman–Crippen LogP) is 4.06. The topological polar surface area (TPSA) is 0 Å². The Bertz CT molecular complexity index is 418. The molecule has 3 atom stereocenters. The maximum atomic E-state index is 6.14. The predicted molar refractivity (Wildman–Crippen MR) is 71.3 cm³/mol. The van der Waals surface area contributed by atoms with E-state index in [-0.39, 0.29) is 0 Å². The van der Waals surface area contributed by atoms with Gasteiger partial charge in [0.15, 0.2) is 0 Å². The molecular weight excluding hydrogens is 228 g/mol. The van der Waals surface area contributed by atoms with Crippen molar-refractivity contribution >= 4 is 11.6 Å². The molecule has 0 aromatic heterocycles. The van der Waals surface area contributed by atoms with E-state index in [0.29, 0.717) is 5.41 Å². The maximum absolute atomic E-state index is 6.14. The van der Waals surface area contributed by atoms with Gasteiger partial charge in [-0.2, -0.15) is 0 Å². The average molecular weight is 247 g/mol. The van der Waals surface area contributed by atoms with Crippen LogP contribution in [0.5, 0.6) is 0 Å². The van der Waals surface area contributed by atoms with Crippen molar-refractivity contribution in [3.8, 4) is 0 Å². The Morgan fingerprint density at radius 2 is 1.65 bits per heavy atom. The van der Waals surface area contributed by atoms with E-state index >= 15 is 0 Å². The summed E-state index contributed by atoms with van der Waals surface area (Å²) < 4.78 is 0. The molecule has 0 N–H and O–H groups in total. The summed E-state index contributed by atoms with van der Waals surface area (Å²) in [6, 6.07) is 9.11. The maximum Gasteiger partial charge on any atom is 0.0257 e. The summed E-state index contributed by atoms with van der Waals surface area (Å²) in [6.07, 6.45) is 6.96. The van der Waals surface area contributed by atoms with Gasteiger partial charge in [-0.05, 0) is 66.4 Å². The quantitative estimate of drug-likeness (QED) is 0.656. The van der Waals surface area contributed by atoms with E-state index in [4.69, 9.17) is 11.6 Å². The summed E-state index contributed by atoms with van der Waals surface area (Å²) in [5.41, 5.74) is 3.90. The van der Waals surface area contributed by atoms with Crippen LogP contribution in [0.25, 0.3) is 0 Å². The van der Waals surface area contributed by atoms with E-state index in [0.717, 1.165) is 23.6 Å². The molecule has 0 nitrogen and oxygen atoms in total. The molecule has 0 amide bonds. The molecule has 2 fully saturated rings. The van der Waals surface area contributed by atoms with E-state index < -0.39 is 0 Å². The van der Waals surface area contributed by atoms with Crippen LogP contribution in [-0.2, 0) is 12.8 Å². The fourth-order valence-corrected chi connectivity index (χ4v) is 5.31. The lowest BCUT2D eigenvalue weighted by atomic mass is 9.82. The van der Waals surface area contributed by atoms with Gasteiger partial charge in [-0.15, -0.1) is 11.6 Å². The van der Waals surface area contributed by atoms with Gasteiger partial charge < -0.3 is 0 Å². The third-order valence-corrected chi connectivity index (χ3v) is 6.19. The third kappa shape index (κ3) is 1.31. The first-order chi connectivity index (χ1) is 8.34. The van der Waals surface area contributed by atoms with E-state index in [9.17, 15) is 0 Å². The van der Waals surface area contributed by atoms with Gasteiger partial charge in [-0.25, -0.2) is 0 Å². The highest BCUT2D eigenvalue weighted by atomic mass is 35.5. The SMILES string of the molecule is ClCC1CC12C1CCC2Cc2ccccc2C1. The molecule has 1 spiro atoms. The van der Waals surface area contributed by atoms with Crippen molar-refractivity contribution < 1.29 is 0 Å². The van der Waals surface area contributed by atoms with Gasteiger partial charge >= 0.3 is 0 Å². The minimum absolute atomic E-state index is 0.654. The van der Waals surface area contributed by atoms with Gasteiger partial charge in [0, 0.05) is 5.88 Å². The molecule has 3 aliphatic rings. The molecule has 0 heterocycles. The van der Waals surface area contributed by atoms with E-state index in [1.54, 1.807) is 11.1 Å². The normalized spacial score (nSPS) is 42.3. The molecule has 0 aliphatic heterocycles. The van der Waals surface area contributed by atoms with Crippen molar-refractivity contribution in [2.45, 2.75) is 32.1 Å². The number of benzene rings is 1. The zero-order valence-electron chi connectivity index (χ0n) is 10.2. The summed E-state index contributed by atoms with van der Waals surface area (Å²) in [6.45, 7) is 0. The van der Waals surface area contributed by atoms with Crippen LogP contribution < -0.4 is 0 Å². The Labute approximate surface area is 108 Å². The Morgan fingerprint density at radius 1 is 1.06 bits per heavy atom. The zero-order chi connectivity index (χ0) is 11.5.